The van der Waals surface area contributed by atoms with Gasteiger partial charge in [0, 0.05) is 17.2 Å². The summed E-state index contributed by atoms with van der Waals surface area (Å²) in [6, 6.07) is 14.4. The quantitative estimate of drug-likeness (QED) is 0.828. The minimum absolute atomic E-state index is 0.0990. The fourth-order valence-electron chi connectivity index (χ4n) is 3.53. The van der Waals surface area contributed by atoms with Gasteiger partial charge in [0.05, 0.1) is 12.1 Å². The van der Waals surface area contributed by atoms with Crippen LogP contribution >= 0.6 is 0 Å². The first-order valence-corrected chi connectivity index (χ1v) is 9.04. The molecule has 0 saturated heterocycles. The van der Waals surface area contributed by atoms with Crippen molar-refractivity contribution in [2.75, 3.05) is 4.90 Å². The first-order valence-electron chi connectivity index (χ1n) is 9.04. The van der Waals surface area contributed by atoms with E-state index in [1.165, 1.54) is 0 Å². The van der Waals surface area contributed by atoms with Gasteiger partial charge < -0.3 is 10.0 Å². The Morgan fingerprint density at radius 3 is 2.23 bits per heavy atom. The van der Waals surface area contributed by atoms with E-state index < -0.39 is 11.5 Å². The SMILES string of the molecule is CC(C)c1ccc(C(=O)CC2(O)C(=O)N(C(C)C)c3ccccc32)cc1. The molecule has 1 unspecified atom stereocenters. The number of hydrogen-bond acceptors (Lipinski definition) is 3. The molecule has 0 radical (unpaired) electrons. The van der Waals surface area contributed by atoms with E-state index >= 15 is 0 Å². The Balaban J connectivity index is 1.93. The van der Waals surface area contributed by atoms with Crippen LogP contribution in [0.15, 0.2) is 48.5 Å². The molecule has 0 spiro atoms. The molecule has 1 aliphatic rings. The molecule has 1 heterocycles. The first-order chi connectivity index (χ1) is 12.3. The number of Topliss-reactive ketones (excluding diaryl/α,β-unsaturated/α-hetero) is 1. The fraction of sp³-hybridized carbons (Fsp3) is 0.364. The maximum absolute atomic E-state index is 13.0. The van der Waals surface area contributed by atoms with Gasteiger partial charge in [-0.2, -0.15) is 0 Å². The lowest BCUT2D eigenvalue weighted by Crippen LogP contribution is -2.44. The summed E-state index contributed by atoms with van der Waals surface area (Å²) in [6.45, 7) is 7.97. The maximum Gasteiger partial charge on any atom is 0.264 e. The van der Waals surface area contributed by atoms with Gasteiger partial charge in [-0.25, -0.2) is 0 Å². The molecule has 4 heteroatoms. The number of nitrogens with zero attached hydrogens (tertiary/aromatic N) is 1. The van der Waals surface area contributed by atoms with Gasteiger partial charge in [-0.15, -0.1) is 0 Å². The van der Waals surface area contributed by atoms with Crippen LogP contribution in [0.3, 0.4) is 0 Å². The zero-order valence-corrected chi connectivity index (χ0v) is 15.7. The summed E-state index contributed by atoms with van der Waals surface area (Å²) < 4.78 is 0. The van der Waals surface area contributed by atoms with Gasteiger partial charge in [0.25, 0.3) is 5.91 Å². The fourth-order valence-corrected chi connectivity index (χ4v) is 3.53. The number of carbonyl (C=O) groups is 2. The number of ketones is 1. The van der Waals surface area contributed by atoms with Crippen molar-refractivity contribution in [3.63, 3.8) is 0 Å². The number of fused-ring (bicyclic) bond motifs is 1. The van der Waals surface area contributed by atoms with Crippen LogP contribution in [0, 0.1) is 0 Å². The highest BCUT2D eigenvalue weighted by molar-refractivity contribution is 6.11. The third kappa shape index (κ3) is 2.95. The number of anilines is 1. The monoisotopic (exact) mass is 351 g/mol. The highest BCUT2D eigenvalue weighted by Gasteiger charge is 2.51. The molecular formula is C22H25NO3. The third-order valence-electron chi connectivity index (χ3n) is 5.01. The first kappa shape index (κ1) is 18.3. The van der Waals surface area contributed by atoms with Gasteiger partial charge in [-0.1, -0.05) is 56.3 Å². The van der Waals surface area contributed by atoms with Crippen LogP contribution in [0.25, 0.3) is 0 Å². The third-order valence-corrected chi connectivity index (χ3v) is 5.01. The van der Waals surface area contributed by atoms with Crippen LogP contribution in [0.2, 0.25) is 0 Å². The lowest BCUT2D eigenvalue weighted by atomic mass is 9.87. The summed E-state index contributed by atoms with van der Waals surface area (Å²) in [5, 5.41) is 11.2. The second-order valence-corrected chi connectivity index (χ2v) is 7.52. The zero-order valence-electron chi connectivity index (χ0n) is 15.7. The summed E-state index contributed by atoms with van der Waals surface area (Å²) in [4.78, 5) is 27.3. The van der Waals surface area contributed by atoms with E-state index in [0.29, 0.717) is 22.7 Å². The smallest absolute Gasteiger partial charge is 0.264 e. The Morgan fingerprint density at radius 2 is 1.65 bits per heavy atom. The van der Waals surface area contributed by atoms with Crippen LogP contribution in [0.4, 0.5) is 5.69 Å². The topological polar surface area (TPSA) is 57.6 Å². The van der Waals surface area contributed by atoms with Crippen LogP contribution in [-0.2, 0) is 10.4 Å². The second kappa shape index (κ2) is 6.69. The molecule has 26 heavy (non-hydrogen) atoms. The summed E-state index contributed by atoms with van der Waals surface area (Å²) in [5.74, 6) is -0.288. The van der Waals surface area contributed by atoms with E-state index in [9.17, 15) is 14.7 Å². The molecule has 1 N–H and O–H groups in total. The molecular weight excluding hydrogens is 326 g/mol. The van der Waals surface area contributed by atoms with E-state index in [0.717, 1.165) is 5.56 Å². The van der Waals surface area contributed by atoms with Gasteiger partial charge >= 0.3 is 0 Å². The standard InChI is InChI=1S/C22H25NO3/c1-14(2)16-9-11-17(12-10-16)20(24)13-22(26)18-7-5-6-8-19(18)23(15(3)4)21(22)25/h5-12,14-15,26H,13H2,1-4H3. The predicted molar refractivity (Wildman–Crippen MR) is 102 cm³/mol. The Hall–Kier alpha value is -2.46. The Morgan fingerprint density at radius 1 is 1.04 bits per heavy atom. The number of benzene rings is 2. The summed E-state index contributed by atoms with van der Waals surface area (Å²) in [5.41, 5.74) is 1.03. The number of aliphatic hydroxyl groups is 1. The zero-order chi connectivity index (χ0) is 19.1. The van der Waals surface area contributed by atoms with Crippen molar-refractivity contribution in [3.8, 4) is 0 Å². The largest absolute Gasteiger partial charge is 0.375 e. The van der Waals surface area contributed by atoms with E-state index in [1.54, 1.807) is 29.2 Å². The van der Waals surface area contributed by atoms with Gasteiger partial charge in [-0.05, 0) is 31.4 Å². The van der Waals surface area contributed by atoms with Crippen molar-refractivity contribution in [2.24, 2.45) is 0 Å². The molecule has 0 aliphatic carbocycles. The van der Waals surface area contributed by atoms with Crippen molar-refractivity contribution in [2.45, 2.75) is 51.7 Å². The minimum Gasteiger partial charge on any atom is -0.375 e. The molecule has 2 aromatic carbocycles. The van der Waals surface area contributed by atoms with Crippen molar-refractivity contribution in [1.29, 1.82) is 0 Å². The molecule has 1 aliphatic heterocycles. The van der Waals surface area contributed by atoms with Gasteiger partial charge in [0.15, 0.2) is 11.4 Å². The van der Waals surface area contributed by atoms with Crippen LogP contribution < -0.4 is 4.90 Å². The van der Waals surface area contributed by atoms with Crippen molar-refractivity contribution in [1.82, 2.24) is 0 Å². The highest BCUT2D eigenvalue weighted by Crippen LogP contribution is 2.43. The Kier molecular flexibility index (Phi) is 4.72. The number of para-hydroxylation sites is 1. The van der Waals surface area contributed by atoms with E-state index in [2.05, 4.69) is 13.8 Å². The lowest BCUT2D eigenvalue weighted by molar-refractivity contribution is -0.136. The minimum atomic E-state index is -1.81. The molecule has 0 fully saturated rings. The summed E-state index contributed by atoms with van der Waals surface area (Å²) in [6.07, 6.45) is -0.257. The van der Waals surface area contributed by atoms with Crippen LogP contribution in [0.5, 0.6) is 0 Å². The van der Waals surface area contributed by atoms with Gasteiger partial charge in [-0.3, -0.25) is 9.59 Å². The molecule has 0 bridgehead atoms. The summed E-state index contributed by atoms with van der Waals surface area (Å²) in [7, 11) is 0. The summed E-state index contributed by atoms with van der Waals surface area (Å²) >= 11 is 0. The highest BCUT2D eigenvalue weighted by atomic mass is 16.3. The Labute approximate surface area is 154 Å². The van der Waals surface area contributed by atoms with E-state index in [1.807, 2.05) is 38.1 Å². The molecule has 136 valence electrons. The van der Waals surface area contributed by atoms with Crippen molar-refractivity contribution in [3.05, 3.63) is 65.2 Å². The second-order valence-electron chi connectivity index (χ2n) is 7.52. The van der Waals surface area contributed by atoms with E-state index in [4.69, 9.17) is 0 Å². The van der Waals surface area contributed by atoms with Gasteiger partial charge in [0.1, 0.15) is 0 Å². The van der Waals surface area contributed by atoms with Crippen LogP contribution in [-0.4, -0.2) is 22.8 Å². The molecule has 4 nitrogen and oxygen atoms in total. The molecule has 1 atom stereocenters. The maximum atomic E-state index is 13.0. The number of amides is 1. The molecule has 2 aromatic rings. The van der Waals surface area contributed by atoms with Crippen molar-refractivity contribution < 1.29 is 14.7 Å². The average Bonchev–Trinajstić information content (AvgIpc) is 2.83. The lowest BCUT2D eigenvalue weighted by Gasteiger charge is -2.25. The normalized spacial score (nSPS) is 19.3. The van der Waals surface area contributed by atoms with Crippen LogP contribution in [0.1, 0.15) is 61.5 Å². The number of hydrogen-bond donors (Lipinski definition) is 1. The van der Waals surface area contributed by atoms with Gasteiger partial charge in [0.2, 0.25) is 0 Å². The number of rotatable bonds is 5. The Bertz CT molecular complexity index is 839. The predicted octanol–water partition coefficient (Wildman–Crippen LogP) is 4.03. The van der Waals surface area contributed by atoms with Crippen molar-refractivity contribution >= 4 is 17.4 Å². The molecule has 1 amide bonds. The molecule has 3 rings (SSSR count). The molecule has 0 saturated carbocycles. The number of carbonyl (C=O) groups excluding carboxylic acids is 2. The van der Waals surface area contributed by atoms with E-state index in [-0.39, 0.29) is 18.2 Å². The average molecular weight is 351 g/mol. The molecule has 0 aromatic heterocycles.